The lowest BCUT2D eigenvalue weighted by Crippen LogP contribution is -2.48. The van der Waals surface area contributed by atoms with Crippen LogP contribution in [0.5, 0.6) is 0 Å². The van der Waals surface area contributed by atoms with Gasteiger partial charge in [-0.2, -0.15) is 0 Å². The van der Waals surface area contributed by atoms with Crippen LogP contribution in [-0.2, 0) is 9.47 Å². The third-order valence-corrected chi connectivity index (χ3v) is 2.85. The fourth-order valence-corrected chi connectivity index (χ4v) is 2.12. The topological polar surface area (TPSA) is 30.5 Å². The maximum absolute atomic E-state index is 5.89. The predicted molar refractivity (Wildman–Crippen MR) is 66.4 cm³/mol. The summed E-state index contributed by atoms with van der Waals surface area (Å²) in [6.45, 7) is 10.2. The highest BCUT2D eigenvalue weighted by Crippen LogP contribution is 2.29. The van der Waals surface area contributed by atoms with E-state index in [2.05, 4.69) is 32.2 Å². The SMILES string of the molecule is CCOC(C(NC)C1=CCCO1)C(C)(C)C. The van der Waals surface area contributed by atoms with Gasteiger partial charge in [0.15, 0.2) is 0 Å². The second-order valence-electron chi connectivity index (χ2n) is 5.25. The van der Waals surface area contributed by atoms with Gasteiger partial charge in [0.25, 0.3) is 0 Å². The molecular weight excluding hydrogens is 202 g/mol. The number of nitrogens with one attached hydrogen (secondary N) is 1. The lowest BCUT2D eigenvalue weighted by molar-refractivity contribution is -0.0362. The highest BCUT2D eigenvalue weighted by molar-refractivity contribution is 5.11. The molecule has 94 valence electrons. The average Bonchev–Trinajstić information content (AvgIpc) is 2.69. The molecule has 0 fully saturated rings. The molecule has 2 atom stereocenters. The van der Waals surface area contributed by atoms with Crippen LogP contribution in [0.2, 0.25) is 0 Å². The van der Waals surface area contributed by atoms with Crippen LogP contribution in [-0.4, -0.2) is 32.4 Å². The summed E-state index contributed by atoms with van der Waals surface area (Å²) >= 11 is 0. The van der Waals surface area contributed by atoms with Gasteiger partial charge in [-0.1, -0.05) is 20.8 Å². The maximum atomic E-state index is 5.89. The lowest BCUT2D eigenvalue weighted by atomic mass is 9.83. The number of rotatable bonds is 5. The summed E-state index contributed by atoms with van der Waals surface area (Å²) in [6, 6.07) is 0.155. The van der Waals surface area contributed by atoms with Crippen molar-refractivity contribution in [2.75, 3.05) is 20.3 Å². The molecule has 3 heteroatoms. The van der Waals surface area contributed by atoms with Crippen LogP contribution < -0.4 is 5.32 Å². The molecule has 1 aliphatic rings. The molecule has 0 amide bonds. The Kier molecular flexibility index (Phi) is 4.81. The van der Waals surface area contributed by atoms with Crippen LogP contribution in [0, 0.1) is 5.41 Å². The first-order valence-electron chi connectivity index (χ1n) is 6.12. The van der Waals surface area contributed by atoms with E-state index in [0.29, 0.717) is 0 Å². The third kappa shape index (κ3) is 3.22. The van der Waals surface area contributed by atoms with Crippen LogP contribution >= 0.6 is 0 Å². The molecule has 1 heterocycles. The zero-order valence-corrected chi connectivity index (χ0v) is 11.2. The molecule has 0 bridgehead atoms. The monoisotopic (exact) mass is 227 g/mol. The molecule has 0 radical (unpaired) electrons. The van der Waals surface area contributed by atoms with Crippen LogP contribution in [0.15, 0.2) is 11.8 Å². The van der Waals surface area contributed by atoms with Crippen molar-refractivity contribution < 1.29 is 9.47 Å². The standard InChI is InChI=1S/C13H25NO2/c1-6-15-12(13(2,3)4)11(14-5)10-8-7-9-16-10/h8,11-12,14H,6-7,9H2,1-5H3. The third-order valence-electron chi connectivity index (χ3n) is 2.85. The normalized spacial score (nSPS) is 20.2. The van der Waals surface area contributed by atoms with Crippen LogP contribution in [0.4, 0.5) is 0 Å². The van der Waals surface area contributed by atoms with E-state index >= 15 is 0 Å². The van der Waals surface area contributed by atoms with Crippen molar-refractivity contribution >= 4 is 0 Å². The molecule has 0 aliphatic carbocycles. The fourth-order valence-electron chi connectivity index (χ4n) is 2.12. The molecule has 0 saturated heterocycles. The summed E-state index contributed by atoms with van der Waals surface area (Å²) in [5, 5.41) is 3.32. The quantitative estimate of drug-likeness (QED) is 0.782. The van der Waals surface area contributed by atoms with E-state index in [4.69, 9.17) is 9.47 Å². The van der Waals surface area contributed by atoms with Gasteiger partial charge in [-0.25, -0.2) is 0 Å². The van der Waals surface area contributed by atoms with Gasteiger partial charge >= 0.3 is 0 Å². The van der Waals surface area contributed by atoms with Crippen molar-refractivity contribution in [1.29, 1.82) is 0 Å². The van der Waals surface area contributed by atoms with E-state index in [9.17, 15) is 0 Å². The summed E-state index contributed by atoms with van der Waals surface area (Å²) in [4.78, 5) is 0. The van der Waals surface area contributed by atoms with Gasteiger partial charge in [0.05, 0.1) is 18.8 Å². The van der Waals surface area contributed by atoms with Gasteiger partial charge in [-0.3, -0.25) is 0 Å². The zero-order chi connectivity index (χ0) is 12.2. The molecule has 0 aromatic rings. The minimum Gasteiger partial charge on any atom is -0.496 e. The van der Waals surface area contributed by atoms with Gasteiger partial charge in [-0.15, -0.1) is 0 Å². The molecule has 16 heavy (non-hydrogen) atoms. The van der Waals surface area contributed by atoms with Crippen molar-refractivity contribution in [3.05, 3.63) is 11.8 Å². The Balaban J connectivity index is 2.80. The highest BCUT2D eigenvalue weighted by atomic mass is 16.5. The van der Waals surface area contributed by atoms with Gasteiger partial charge in [-0.05, 0) is 25.5 Å². The van der Waals surface area contributed by atoms with E-state index in [1.165, 1.54) is 0 Å². The smallest absolute Gasteiger partial charge is 0.112 e. The first-order valence-corrected chi connectivity index (χ1v) is 6.12. The summed E-state index contributed by atoms with van der Waals surface area (Å²) in [7, 11) is 1.96. The van der Waals surface area contributed by atoms with Crippen molar-refractivity contribution in [3.63, 3.8) is 0 Å². The predicted octanol–water partition coefficient (Wildman–Crippen LogP) is 2.33. The number of hydrogen-bond donors (Lipinski definition) is 1. The fraction of sp³-hybridized carbons (Fsp3) is 0.846. The Hall–Kier alpha value is -0.540. The summed E-state index contributed by atoms with van der Waals surface area (Å²) < 4.78 is 11.5. The summed E-state index contributed by atoms with van der Waals surface area (Å²) in [6.07, 6.45) is 3.31. The second kappa shape index (κ2) is 5.69. The van der Waals surface area contributed by atoms with Crippen molar-refractivity contribution in [2.45, 2.75) is 46.3 Å². The molecule has 1 rings (SSSR count). The first kappa shape index (κ1) is 13.5. The van der Waals surface area contributed by atoms with Gasteiger partial charge in [0, 0.05) is 13.0 Å². The van der Waals surface area contributed by atoms with Gasteiger partial charge in [0.1, 0.15) is 5.76 Å². The van der Waals surface area contributed by atoms with Crippen molar-refractivity contribution in [3.8, 4) is 0 Å². The van der Waals surface area contributed by atoms with Crippen molar-refractivity contribution in [1.82, 2.24) is 5.32 Å². The number of hydrogen-bond acceptors (Lipinski definition) is 3. The van der Waals surface area contributed by atoms with Gasteiger partial charge < -0.3 is 14.8 Å². The minimum absolute atomic E-state index is 0.0937. The molecular formula is C13H25NO2. The molecule has 2 unspecified atom stereocenters. The van der Waals surface area contributed by atoms with E-state index in [1.54, 1.807) is 0 Å². The van der Waals surface area contributed by atoms with E-state index in [-0.39, 0.29) is 17.6 Å². The van der Waals surface area contributed by atoms with Crippen LogP contribution in [0.25, 0.3) is 0 Å². The first-order chi connectivity index (χ1) is 7.50. The molecule has 0 saturated carbocycles. The zero-order valence-electron chi connectivity index (χ0n) is 11.2. The van der Waals surface area contributed by atoms with E-state index in [1.807, 2.05) is 14.0 Å². The summed E-state index contributed by atoms with van der Waals surface area (Å²) in [5.74, 6) is 1.04. The Morgan fingerprint density at radius 2 is 2.19 bits per heavy atom. The lowest BCUT2D eigenvalue weighted by Gasteiger charge is -2.36. The molecule has 1 N–H and O–H groups in total. The average molecular weight is 227 g/mol. The maximum Gasteiger partial charge on any atom is 0.112 e. The van der Waals surface area contributed by atoms with Gasteiger partial charge in [0.2, 0.25) is 0 Å². The molecule has 0 aromatic carbocycles. The van der Waals surface area contributed by atoms with E-state index < -0.39 is 0 Å². The molecule has 0 aromatic heterocycles. The summed E-state index contributed by atoms with van der Waals surface area (Å²) in [5.41, 5.74) is 0.0937. The number of likely N-dealkylation sites (N-methyl/N-ethyl adjacent to an activating group) is 1. The largest absolute Gasteiger partial charge is 0.496 e. The highest BCUT2D eigenvalue weighted by Gasteiger charge is 2.35. The molecule has 0 spiro atoms. The Bertz CT molecular complexity index is 243. The van der Waals surface area contributed by atoms with Crippen LogP contribution in [0.1, 0.15) is 34.1 Å². The Morgan fingerprint density at radius 1 is 1.50 bits per heavy atom. The molecule has 3 nitrogen and oxygen atoms in total. The Morgan fingerprint density at radius 3 is 2.56 bits per heavy atom. The second-order valence-corrected chi connectivity index (χ2v) is 5.25. The van der Waals surface area contributed by atoms with Crippen molar-refractivity contribution in [2.24, 2.45) is 5.41 Å². The number of ether oxygens (including phenoxy) is 2. The minimum atomic E-state index is 0.0937. The Labute approximate surface area is 99.2 Å². The van der Waals surface area contributed by atoms with E-state index in [0.717, 1.165) is 25.4 Å². The molecule has 1 aliphatic heterocycles. The van der Waals surface area contributed by atoms with Crippen LogP contribution in [0.3, 0.4) is 0 Å².